The number of anilines is 2. The zero-order valence-electron chi connectivity index (χ0n) is 9.53. The Kier molecular flexibility index (Phi) is 4.90. The smallest absolute Gasteiger partial charge is 0.128 e. The first-order chi connectivity index (χ1) is 7.31. The first-order valence-corrected chi connectivity index (χ1v) is 5.49. The van der Waals surface area contributed by atoms with Gasteiger partial charge in [-0.05, 0) is 25.5 Å². The molecule has 0 fully saturated rings. The van der Waals surface area contributed by atoms with Crippen molar-refractivity contribution in [1.82, 2.24) is 4.98 Å². The molecule has 4 nitrogen and oxygen atoms in total. The number of nitrogens with zero attached hydrogens (tertiary/aromatic N) is 2. The fourth-order valence-corrected chi connectivity index (χ4v) is 1.44. The van der Waals surface area contributed by atoms with Crippen molar-refractivity contribution in [3.8, 4) is 0 Å². The molecule has 0 atom stereocenters. The predicted molar refractivity (Wildman–Crippen MR) is 64.8 cm³/mol. The second-order valence-electron chi connectivity index (χ2n) is 3.48. The number of hydrogen-bond acceptors (Lipinski definition) is 4. The van der Waals surface area contributed by atoms with Gasteiger partial charge < -0.3 is 10.3 Å². The van der Waals surface area contributed by atoms with Crippen molar-refractivity contribution in [2.75, 3.05) is 23.4 Å². The minimum Gasteiger partial charge on any atom is -0.357 e. The van der Waals surface area contributed by atoms with E-state index < -0.39 is 0 Å². The lowest BCUT2D eigenvalue weighted by Crippen LogP contribution is -2.24. The van der Waals surface area contributed by atoms with Crippen LogP contribution in [0.4, 0.5) is 11.5 Å². The molecule has 3 N–H and O–H groups in total. The van der Waals surface area contributed by atoms with E-state index in [1.165, 1.54) is 12.8 Å². The molecule has 0 aliphatic rings. The number of nitrogens with one attached hydrogen (secondary N) is 1. The molecule has 1 heterocycles. The van der Waals surface area contributed by atoms with Gasteiger partial charge in [-0.3, -0.25) is 5.84 Å². The van der Waals surface area contributed by atoms with Crippen LogP contribution >= 0.6 is 0 Å². The molecule has 1 rings (SSSR count). The molecule has 1 aromatic rings. The molecular formula is C11H20N4. The molecule has 0 aromatic carbocycles. The third kappa shape index (κ3) is 3.40. The van der Waals surface area contributed by atoms with Crippen molar-refractivity contribution in [2.24, 2.45) is 5.84 Å². The van der Waals surface area contributed by atoms with Gasteiger partial charge in [-0.25, -0.2) is 4.98 Å². The van der Waals surface area contributed by atoms with Crippen LogP contribution in [0.1, 0.15) is 26.7 Å². The summed E-state index contributed by atoms with van der Waals surface area (Å²) in [7, 11) is 0. The van der Waals surface area contributed by atoms with E-state index in [2.05, 4.69) is 29.2 Å². The minimum absolute atomic E-state index is 0.838. The molecule has 0 unspecified atom stereocenters. The molecule has 0 saturated heterocycles. The number of hydrazine groups is 1. The van der Waals surface area contributed by atoms with E-state index in [0.29, 0.717) is 0 Å². The quantitative estimate of drug-likeness (QED) is 0.554. The van der Waals surface area contributed by atoms with E-state index in [0.717, 1.165) is 24.6 Å². The highest BCUT2D eigenvalue weighted by molar-refractivity contribution is 5.47. The van der Waals surface area contributed by atoms with Gasteiger partial charge in [-0.15, -0.1) is 0 Å². The van der Waals surface area contributed by atoms with Crippen LogP contribution in [0.5, 0.6) is 0 Å². The van der Waals surface area contributed by atoms with Gasteiger partial charge in [0.05, 0.1) is 11.9 Å². The molecule has 0 bridgehead atoms. The topological polar surface area (TPSA) is 54.2 Å². The van der Waals surface area contributed by atoms with Crippen LogP contribution in [0.2, 0.25) is 0 Å². The highest BCUT2D eigenvalue weighted by atomic mass is 15.2. The Hall–Kier alpha value is -1.29. The molecule has 84 valence electrons. The number of aromatic nitrogens is 1. The van der Waals surface area contributed by atoms with Crippen molar-refractivity contribution < 1.29 is 0 Å². The largest absolute Gasteiger partial charge is 0.357 e. The maximum Gasteiger partial charge on any atom is 0.128 e. The van der Waals surface area contributed by atoms with E-state index in [1.54, 1.807) is 6.20 Å². The summed E-state index contributed by atoms with van der Waals surface area (Å²) in [6, 6.07) is 3.94. The van der Waals surface area contributed by atoms with Gasteiger partial charge >= 0.3 is 0 Å². The SMILES string of the molecule is CCCCN(CC)c1ccc(NN)cn1. The first-order valence-electron chi connectivity index (χ1n) is 5.49. The number of unbranched alkanes of at least 4 members (excludes halogenated alkanes) is 1. The molecule has 4 heteroatoms. The zero-order chi connectivity index (χ0) is 11.1. The van der Waals surface area contributed by atoms with Crippen molar-refractivity contribution >= 4 is 11.5 Å². The highest BCUT2D eigenvalue weighted by Crippen LogP contribution is 2.13. The van der Waals surface area contributed by atoms with Crippen LogP contribution in [-0.2, 0) is 0 Å². The first kappa shape index (κ1) is 11.8. The third-order valence-corrected chi connectivity index (χ3v) is 2.40. The van der Waals surface area contributed by atoms with Gasteiger partial charge in [0.25, 0.3) is 0 Å². The van der Waals surface area contributed by atoms with Gasteiger partial charge in [-0.2, -0.15) is 0 Å². The van der Waals surface area contributed by atoms with Gasteiger partial charge in [0, 0.05) is 13.1 Å². The van der Waals surface area contributed by atoms with Crippen molar-refractivity contribution in [3.05, 3.63) is 18.3 Å². The van der Waals surface area contributed by atoms with Crippen molar-refractivity contribution in [3.63, 3.8) is 0 Å². The average molecular weight is 208 g/mol. The van der Waals surface area contributed by atoms with E-state index in [4.69, 9.17) is 5.84 Å². The lowest BCUT2D eigenvalue weighted by Gasteiger charge is -2.21. The Bertz CT molecular complexity index is 270. The lowest BCUT2D eigenvalue weighted by molar-refractivity contribution is 0.724. The van der Waals surface area contributed by atoms with Crippen LogP contribution in [0.15, 0.2) is 18.3 Å². The standard InChI is InChI=1S/C11H20N4/c1-3-5-8-15(4-2)11-7-6-10(14-12)9-13-11/h6-7,9,14H,3-5,8,12H2,1-2H3. The molecule has 0 amide bonds. The molecule has 0 saturated carbocycles. The predicted octanol–water partition coefficient (Wildman–Crippen LogP) is 1.99. The zero-order valence-corrected chi connectivity index (χ0v) is 9.53. The molecule has 15 heavy (non-hydrogen) atoms. The number of pyridine rings is 1. The lowest BCUT2D eigenvalue weighted by atomic mass is 10.3. The number of nitrogens with two attached hydrogens (primary N) is 1. The van der Waals surface area contributed by atoms with Gasteiger partial charge in [0.15, 0.2) is 0 Å². The number of rotatable bonds is 6. The fraction of sp³-hybridized carbons (Fsp3) is 0.545. The van der Waals surface area contributed by atoms with Crippen molar-refractivity contribution in [2.45, 2.75) is 26.7 Å². The highest BCUT2D eigenvalue weighted by Gasteiger charge is 2.04. The summed E-state index contributed by atoms with van der Waals surface area (Å²) >= 11 is 0. The van der Waals surface area contributed by atoms with Crippen LogP contribution < -0.4 is 16.2 Å². The molecule has 0 aliphatic heterocycles. The Labute approximate surface area is 91.5 Å². The molecule has 0 spiro atoms. The molecular weight excluding hydrogens is 188 g/mol. The summed E-state index contributed by atoms with van der Waals surface area (Å²) in [5.74, 6) is 6.30. The van der Waals surface area contributed by atoms with E-state index in [-0.39, 0.29) is 0 Å². The Morgan fingerprint density at radius 3 is 2.67 bits per heavy atom. The summed E-state index contributed by atoms with van der Waals surface area (Å²) in [6.45, 7) is 6.40. The van der Waals surface area contributed by atoms with Crippen LogP contribution in [0.3, 0.4) is 0 Å². The summed E-state index contributed by atoms with van der Waals surface area (Å²) in [5, 5.41) is 0. The summed E-state index contributed by atoms with van der Waals surface area (Å²) in [6.07, 6.45) is 4.16. The van der Waals surface area contributed by atoms with Crippen molar-refractivity contribution in [1.29, 1.82) is 0 Å². The normalized spacial score (nSPS) is 10.1. The Morgan fingerprint density at radius 1 is 1.40 bits per heavy atom. The van der Waals surface area contributed by atoms with E-state index in [9.17, 15) is 0 Å². The van der Waals surface area contributed by atoms with Crippen LogP contribution in [0.25, 0.3) is 0 Å². The van der Waals surface area contributed by atoms with E-state index in [1.807, 2.05) is 12.1 Å². The maximum atomic E-state index is 5.29. The van der Waals surface area contributed by atoms with Gasteiger partial charge in [0.1, 0.15) is 5.82 Å². The Morgan fingerprint density at radius 2 is 2.20 bits per heavy atom. The summed E-state index contributed by atoms with van der Waals surface area (Å²) in [4.78, 5) is 6.62. The summed E-state index contributed by atoms with van der Waals surface area (Å²) < 4.78 is 0. The maximum absolute atomic E-state index is 5.29. The molecule has 1 aromatic heterocycles. The summed E-state index contributed by atoms with van der Waals surface area (Å²) in [5.41, 5.74) is 3.41. The number of nitrogen functional groups attached to an aromatic ring is 1. The third-order valence-electron chi connectivity index (χ3n) is 2.40. The second-order valence-corrected chi connectivity index (χ2v) is 3.48. The monoisotopic (exact) mass is 208 g/mol. The second kappa shape index (κ2) is 6.24. The van der Waals surface area contributed by atoms with Gasteiger partial charge in [0.2, 0.25) is 0 Å². The molecule has 0 aliphatic carbocycles. The molecule has 0 radical (unpaired) electrons. The van der Waals surface area contributed by atoms with Crippen LogP contribution in [-0.4, -0.2) is 18.1 Å². The fourth-order valence-electron chi connectivity index (χ4n) is 1.44. The van der Waals surface area contributed by atoms with E-state index >= 15 is 0 Å². The van der Waals surface area contributed by atoms with Crippen LogP contribution in [0, 0.1) is 0 Å². The minimum atomic E-state index is 0.838. The van der Waals surface area contributed by atoms with Gasteiger partial charge in [-0.1, -0.05) is 13.3 Å². The Balaban J connectivity index is 2.65. The average Bonchev–Trinajstić information content (AvgIpc) is 2.31. The number of hydrogen-bond donors (Lipinski definition) is 2.